The van der Waals surface area contributed by atoms with E-state index in [1.165, 1.54) is 44.4 Å². The maximum atomic E-state index is 14.4. The van der Waals surface area contributed by atoms with E-state index in [4.69, 9.17) is 22.4 Å². The number of aliphatic hydroxyl groups excluding tert-OH is 1. The molecule has 0 radical (unpaired) electrons. The van der Waals surface area contributed by atoms with Crippen LogP contribution >= 0.6 is 11.6 Å². The Bertz CT molecular complexity index is 946. The van der Waals surface area contributed by atoms with Crippen molar-refractivity contribution in [1.29, 1.82) is 0 Å². The molecule has 0 amide bonds. The van der Waals surface area contributed by atoms with Crippen LogP contribution in [-0.2, 0) is 0 Å². The van der Waals surface area contributed by atoms with Crippen LogP contribution in [0.4, 0.5) is 10.3 Å². The molecule has 29 heavy (non-hydrogen) atoms. The van der Waals surface area contributed by atoms with Crippen LogP contribution in [0.3, 0.4) is 0 Å². The van der Waals surface area contributed by atoms with Gasteiger partial charge in [-0.1, -0.05) is 43.7 Å². The van der Waals surface area contributed by atoms with Crippen LogP contribution in [0.1, 0.15) is 57.8 Å². The highest BCUT2D eigenvalue weighted by Crippen LogP contribution is 2.31. The van der Waals surface area contributed by atoms with Crippen molar-refractivity contribution in [3.8, 4) is 11.3 Å². The summed E-state index contributed by atoms with van der Waals surface area (Å²) in [5, 5.41) is 7.32. The van der Waals surface area contributed by atoms with Gasteiger partial charge in [-0.15, -0.1) is 0 Å². The second kappa shape index (κ2) is 10.5. The standard InChI is InChI=1S/C15H15ClFN5.C5H10.CH4O/c1-7(2)22-8(3)20-14-11(17)4-9(5-12(14)22)13-10(16)6-19-15(18)21-13;1-2-4-5-3-1;1-2/h4-7H,1-3H3,(H2,18,19,21);1-5H2;2H,1H3. The fourth-order valence-corrected chi connectivity index (χ4v) is 3.72. The molecule has 0 atom stereocenters. The molecule has 2 heterocycles. The number of halogens is 2. The summed E-state index contributed by atoms with van der Waals surface area (Å²) < 4.78 is 16.4. The zero-order chi connectivity index (χ0) is 21.6. The summed E-state index contributed by atoms with van der Waals surface area (Å²) in [5.41, 5.74) is 7.60. The van der Waals surface area contributed by atoms with Crippen LogP contribution in [0, 0.1) is 12.7 Å². The molecule has 158 valence electrons. The van der Waals surface area contributed by atoms with Crippen molar-refractivity contribution in [1.82, 2.24) is 19.5 Å². The summed E-state index contributed by atoms with van der Waals surface area (Å²) in [7, 11) is 1.00. The molecule has 6 nitrogen and oxygen atoms in total. The molecule has 2 aromatic heterocycles. The molecular weight excluding hydrogens is 393 g/mol. The topological polar surface area (TPSA) is 89.8 Å². The first-order valence-corrected chi connectivity index (χ1v) is 10.2. The maximum absolute atomic E-state index is 14.4. The Morgan fingerprint density at radius 1 is 1.10 bits per heavy atom. The number of fused-ring (bicyclic) bond motifs is 1. The third-order valence-electron chi connectivity index (χ3n) is 4.73. The van der Waals surface area contributed by atoms with Gasteiger partial charge < -0.3 is 15.4 Å². The molecule has 1 aliphatic rings. The SMILES string of the molecule is C1CCCC1.CO.Cc1nc2c(F)cc(-c3nc(N)ncc3Cl)cc2n1C(C)C. The second-order valence-electron chi connectivity index (χ2n) is 7.14. The van der Waals surface area contributed by atoms with Gasteiger partial charge in [0.2, 0.25) is 5.95 Å². The molecule has 1 saturated carbocycles. The quantitative estimate of drug-likeness (QED) is 0.584. The van der Waals surface area contributed by atoms with Crippen LogP contribution in [0.5, 0.6) is 0 Å². The zero-order valence-electron chi connectivity index (χ0n) is 17.4. The van der Waals surface area contributed by atoms with Gasteiger partial charge in [0.05, 0.1) is 22.4 Å². The Morgan fingerprint density at radius 3 is 2.24 bits per heavy atom. The minimum Gasteiger partial charge on any atom is -0.400 e. The predicted octanol–water partition coefficient (Wildman–Crippen LogP) is 5.32. The molecule has 0 spiro atoms. The van der Waals surface area contributed by atoms with E-state index < -0.39 is 5.82 Å². The van der Waals surface area contributed by atoms with Crippen LogP contribution < -0.4 is 5.73 Å². The van der Waals surface area contributed by atoms with E-state index in [1.807, 2.05) is 31.4 Å². The first-order valence-electron chi connectivity index (χ1n) is 9.79. The highest BCUT2D eigenvalue weighted by Gasteiger charge is 2.17. The van der Waals surface area contributed by atoms with E-state index in [9.17, 15) is 4.39 Å². The molecule has 3 aromatic rings. The summed E-state index contributed by atoms with van der Waals surface area (Å²) in [6.07, 6.45) is 8.91. The summed E-state index contributed by atoms with van der Waals surface area (Å²) in [6.45, 7) is 5.90. The van der Waals surface area contributed by atoms with E-state index in [2.05, 4.69) is 15.0 Å². The van der Waals surface area contributed by atoms with Crippen molar-refractivity contribution in [2.45, 2.75) is 58.9 Å². The van der Waals surface area contributed by atoms with Gasteiger partial charge in [0.25, 0.3) is 0 Å². The molecule has 3 N–H and O–H groups in total. The van der Waals surface area contributed by atoms with Crippen LogP contribution in [-0.4, -0.2) is 31.7 Å². The third-order valence-corrected chi connectivity index (χ3v) is 5.00. The van der Waals surface area contributed by atoms with Crippen molar-refractivity contribution in [2.24, 2.45) is 0 Å². The molecule has 1 fully saturated rings. The number of benzene rings is 1. The average Bonchev–Trinajstić information content (AvgIpc) is 3.36. The number of aryl methyl sites for hydroxylation is 1. The molecular formula is C21H29ClFN5O. The normalized spacial score (nSPS) is 13.1. The number of rotatable bonds is 2. The minimum atomic E-state index is -0.414. The zero-order valence-corrected chi connectivity index (χ0v) is 18.2. The van der Waals surface area contributed by atoms with Crippen LogP contribution in [0.15, 0.2) is 18.3 Å². The van der Waals surface area contributed by atoms with E-state index in [1.54, 1.807) is 0 Å². The van der Waals surface area contributed by atoms with Gasteiger partial charge in [-0.25, -0.2) is 19.3 Å². The van der Waals surface area contributed by atoms with Gasteiger partial charge in [-0.2, -0.15) is 0 Å². The van der Waals surface area contributed by atoms with Crippen molar-refractivity contribution in [3.05, 3.63) is 35.0 Å². The van der Waals surface area contributed by atoms with E-state index in [0.717, 1.165) is 12.9 Å². The summed E-state index contributed by atoms with van der Waals surface area (Å²) in [4.78, 5) is 12.2. The Kier molecular flexibility index (Phi) is 8.34. The lowest BCUT2D eigenvalue weighted by atomic mass is 10.1. The molecule has 0 aliphatic heterocycles. The largest absolute Gasteiger partial charge is 0.400 e. The smallest absolute Gasteiger partial charge is 0.220 e. The summed E-state index contributed by atoms with van der Waals surface area (Å²) in [6, 6.07) is 3.35. The number of nitrogens with two attached hydrogens (primary N) is 1. The highest BCUT2D eigenvalue weighted by atomic mass is 35.5. The molecule has 1 aromatic carbocycles. The van der Waals surface area contributed by atoms with Gasteiger partial charge in [0, 0.05) is 18.7 Å². The van der Waals surface area contributed by atoms with Crippen molar-refractivity contribution >= 4 is 28.6 Å². The predicted molar refractivity (Wildman–Crippen MR) is 116 cm³/mol. The number of aromatic nitrogens is 4. The lowest BCUT2D eigenvalue weighted by molar-refractivity contribution is 0.399. The summed E-state index contributed by atoms with van der Waals surface area (Å²) in [5.74, 6) is 0.436. The van der Waals surface area contributed by atoms with Gasteiger partial charge in [0.1, 0.15) is 11.3 Å². The van der Waals surface area contributed by atoms with E-state index in [-0.39, 0.29) is 12.0 Å². The fourth-order valence-electron chi connectivity index (χ4n) is 3.52. The van der Waals surface area contributed by atoms with Crippen molar-refractivity contribution in [3.63, 3.8) is 0 Å². The lowest BCUT2D eigenvalue weighted by Gasteiger charge is -2.12. The molecule has 8 heteroatoms. The Morgan fingerprint density at radius 2 is 1.69 bits per heavy atom. The fraction of sp³-hybridized carbons (Fsp3) is 0.476. The number of nitrogens with zero attached hydrogens (tertiary/aromatic N) is 4. The number of nitrogen functional groups attached to an aromatic ring is 1. The third kappa shape index (κ3) is 5.42. The highest BCUT2D eigenvalue weighted by molar-refractivity contribution is 6.33. The van der Waals surface area contributed by atoms with E-state index >= 15 is 0 Å². The number of imidazole rings is 1. The van der Waals surface area contributed by atoms with Gasteiger partial charge in [-0.05, 0) is 32.9 Å². The van der Waals surface area contributed by atoms with Crippen LogP contribution in [0.2, 0.25) is 5.02 Å². The Balaban J connectivity index is 0.000000367. The molecule has 4 rings (SSSR count). The first kappa shape index (κ1) is 23.0. The first-order chi connectivity index (χ1) is 13.9. The monoisotopic (exact) mass is 421 g/mol. The second-order valence-corrected chi connectivity index (χ2v) is 7.55. The number of anilines is 1. The van der Waals surface area contributed by atoms with Gasteiger partial charge in [-0.3, -0.25) is 0 Å². The van der Waals surface area contributed by atoms with Crippen molar-refractivity contribution in [2.75, 3.05) is 12.8 Å². The average molecular weight is 422 g/mol. The van der Waals surface area contributed by atoms with E-state index in [0.29, 0.717) is 27.3 Å². The molecule has 0 unspecified atom stereocenters. The minimum absolute atomic E-state index is 0.0912. The number of hydrogen-bond acceptors (Lipinski definition) is 5. The summed E-state index contributed by atoms with van der Waals surface area (Å²) >= 11 is 6.12. The lowest BCUT2D eigenvalue weighted by Crippen LogP contribution is -2.03. The van der Waals surface area contributed by atoms with Gasteiger partial charge >= 0.3 is 0 Å². The van der Waals surface area contributed by atoms with Crippen LogP contribution in [0.25, 0.3) is 22.3 Å². The molecule has 0 saturated heterocycles. The Hall–Kier alpha value is -2.25. The molecule has 1 aliphatic carbocycles. The number of hydrogen-bond donors (Lipinski definition) is 2. The number of aliphatic hydroxyl groups is 1. The Labute approximate surface area is 176 Å². The molecule has 0 bridgehead atoms. The van der Waals surface area contributed by atoms with Gasteiger partial charge in [0.15, 0.2) is 5.82 Å². The van der Waals surface area contributed by atoms with Crippen molar-refractivity contribution < 1.29 is 9.50 Å². The maximum Gasteiger partial charge on any atom is 0.220 e.